The van der Waals surface area contributed by atoms with Crippen LogP contribution in [0.3, 0.4) is 0 Å². The molecule has 7 fully saturated rings. The van der Waals surface area contributed by atoms with Crippen LogP contribution in [0.4, 0.5) is 0 Å². The van der Waals surface area contributed by atoms with Gasteiger partial charge in [-0.2, -0.15) is 0 Å². The summed E-state index contributed by atoms with van der Waals surface area (Å²) < 4.78 is 13.5. The van der Waals surface area contributed by atoms with E-state index in [1.807, 2.05) is 0 Å². The molecule has 146 valence electrons. The van der Waals surface area contributed by atoms with Gasteiger partial charge in [0.25, 0.3) is 0 Å². The van der Waals surface area contributed by atoms with E-state index < -0.39 is 0 Å². The molecular formula is C25H34O2. The summed E-state index contributed by atoms with van der Waals surface area (Å²) in [6, 6.07) is 0. The normalized spacial score (nSPS) is 68.2. The van der Waals surface area contributed by atoms with Crippen molar-refractivity contribution in [3.63, 3.8) is 0 Å². The van der Waals surface area contributed by atoms with Gasteiger partial charge in [-0.1, -0.05) is 12.2 Å². The van der Waals surface area contributed by atoms with E-state index in [0.29, 0.717) is 18.3 Å². The fourth-order valence-corrected chi connectivity index (χ4v) is 11.0. The van der Waals surface area contributed by atoms with Crippen LogP contribution in [0.1, 0.15) is 46.5 Å². The van der Waals surface area contributed by atoms with Crippen molar-refractivity contribution in [3.05, 3.63) is 12.2 Å². The molecule has 8 bridgehead atoms. The van der Waals surface area contributed by atoms with Gasteiger partial charge in [0, 0.05) is 0 Å². The fraction of sp³-hybridized carbons (Fsp3) is 0.920. The summed E-state index contributed by atoms with van der Waals surface area (Å²) in [5, 5.41) is 0. The maximum Gasteiger partial charge on any atom is 0.0649 e. The SMILES string of the molecule is CC(C)(C)OC1CC2CC1C1C3OC(C21)C1C2CC(C4C5C=CC(C5)C24)C31. The van der Waals surface area contributed by atoms with Crippen molar-refractivity contribution in [1.29, 1.82) is 0 Å². The summed E-state index contributed by atoms with van der Waals surface area (Å²) in [7, 11) is 0. The Hall–Kier alpha value is -0.340. The first-order chi connectivity index (χ1) is 13.0. The van der Waals surface area contributed by atoms with E-state index >= 15 is 0 Å². The third-order valence-electron chi connectivity index (χ3n) is 11.0. The van der Waals surface area contributed by atoms with E-state index in [4.69, 9.17) is 9.47 Å². The van der Waals surface area contributed by atoms with Crippen molar-refractivity contribution >= 4 is 0 Å². The second kappa shape index (κ2) is 4.53. The van der Waals surface area contributed by atoms with Gasteiger partial charge < -0.3 is 9.47 Å². The van der Waals surface area contributed by atoms with Crippen LogP contribution in [0.15, 0.2) is 12.2 Å². The molecule has 6 aliphatic carbocycles. The van der Waals surface area contributed by atoms with Crippen LogP contribution < -0.4 is 0 Å². The molecule has 0 amide bonds. The molecule has 27 heavy (non-hydrogen) atoms. The molecule has 2 heterocycles. The first-order valence-electron chi connectivity index (χ1n) is 12.0. The van der Waals surface area contributed by atoms with E-state index in [0.717, 1.165) is 71.0 Å². The molecule has 2 nitrogen and oxygen atoms in total. The number of hydrogen-bond acceptors (Lipinski definition) is 2. The first kappa shape index (κ1) is 15.5. The van der Waals surface area contributed by atoms with Crippen molar-refractivity contribution < 1.29 is 9.47 Å². The summed E-state index contributed by atoms with van der Waals surface area (Å²) in [5.41, 5.74) is 0.000715. The zero-order chi connectivity index (χ0) is 17.8. The third-order valence-corrected chi connectivity index (χ3v) is 11.0. The highest BCUT2D eigenvalue weighted by Crippen LogP contribution is 2.77. The smallest absolute Gasteiger partial charge is 0.0649 e. The van der Waals surface area contributed by atoms with Gasteiger partial charge in [0.15, 0.2) is 0 Å². The molecule has 2 saturated heterocycles. The van der Waals surface area contributed by atoms with E-state index in [-0.39, 0.29) is 5.60 Å². The van der Waals surface area contributed by atoms with Gasteiger partial charge in [0.05, 0.1) is 23.9 Å². The third kappa shape index (κ3) is 1.64. The predicted octanol–water partition coefficient (Wildman–Crippen LogP) is 4.54. The number of allylic oxidation sites excluding steroid dienone is 2. The molecule has 8 rings (SSSR count). The minimum Gasteiger partial charge on any atom is -0.374 e. The topological polar surface area (TPSA) is 18.5 Å². The van der Waals surface area contributed by atoms with Crippen LogP contribution in [0.5, 0.6) is 0 Å². The zero-order valence-electron chi connectivity index (χ0n) is 17.0. The molecule has 0 aromatic heterocycles. The molecule has 15 unspecified atom stereocenters. The lowest BCUT2D eigenvalue weighted by molar-refractivity contribution is -0.108. The molecule has 0 aromatic rings. The van der Waals surface area contributed by atoms with Gasteiger partial charge in [0.1, 0.15) is 0 Å². The second-order valence-corrected chi connectivity index (χ2v) is 12.7. The van der Waals surface area contributed by atoms with Gasteiger partial charge in [-0.3, -0.25) is 0 Å². The molecule has 15 atom stereocenters. The Kier molecular flexibility index (Phi) is 2.60. The lowest BCUT2D eigenvalue weighted by Gasteiger charge is -2.48. The molecule has 0 N–H and O–H groups in total. The molecule has 0 radical (unpaired) electrons. The first-order valence-corrected chi connectivity index (χ1v) is 12.0. The average Bonchev–Trinajstić information content (AvgIpc) is 3.43. The standard InChI is InChI=1S/C25H34O2/c1-25(2,3)27-16-8-12-7-13(16)20-19(12)23-21-14-9-15(22(21)24(20)26-23)18-11-5-4-10(6-11)17(14)18/h4-5,10-24H,6-9H2,1-3H3. The van der Waals surface area contributed by atoms with Crippen molar-refractivity contribution in [1.82, 2.24) is 0 Å². The lowest BCUT2D eigenvalue weighted by Crippen LogP contribution is -2.51. The maximum absolute atomic E-state index is 6.93. The van der Waals surface area contributed by atoms with Gasteiger partial charge in [-0.05, 0) is 117 Å². The highest BCUT2D eigenvalue weighted by molar-refractivity contribution is 5.28. The molecule has 5 saturated carbocycles. The molecule has 0 aromatic carbocycles. The average molecular weight is 367 g/mol. The van der Waals surface area contributed by atoms with Crippen molar-refractivity contribution in [2.75, 3.05) is 0 Å². The monoisotopic (exact) mass is 366 g/mol. The molecule has 8 aliphatic rings. The Morgan fingerprint density at radius 2 is 1.33 bits per heavy atom. The quantitative estimate of drug-likeness (QED) is 0.501. The molecular weight excluding hydrogens is 332 g/mol. The Balaban J connectivity index is 1.14. The largest absolute Gasteiger partial charge is 0.374 e. The van der Waals surface area contributed by atoms with Crippen molar-refractivity contribution in [3.8, 4) is 0 Å². The minimum absolute atomic E-state index is 0.000715. The van der Waals surface area contributed by atoms with Crippen LogP contribution >= 0.6 is 0 Å². The highest BCUT2D eigenvalue weighted by Gasteiger charge is 2.77. The molecule has 0 spiro atoms. The summed E-state index contributed by atoms with van der Waals surface area (Å²) in [6.45, 7) is 6.72. The van der Waals surface area contributed by atoms with Crippen LogP contribution in [0.25, 0.3) is 0 Å². The van der Waals surface area contributed by atoms with Crippen LogP contribution in [0.2, 0.25) is 0 Å². The van der Waals surface area contributed by atoms with Gasteiger partial charge in [-0.15, -0.1) is 0 Å². The van der Waals surface area contributed by atoms with E-state index in [1.54, 1.807) is 6.42 Å². The van der Waals surface area contributed by atoms with Gasteiger partial charge >= 0.3 is 0 Å². The Morgan fingerprint density at radius 3 is 2.00 bits per heavy atom. The van der Waals surface area contributed by atoms with Crippen LogP contribution in [-0.2, 0) is 9.47 Å². The predicted molar refractivity (Wildman–Crippen MR) is 103 cm³/mol. The van der Waals surface area contributed by atoms with Crippen molar-refractivity contribution in [2.45, 2.75) is 70.4 Å². The Morgan fingerprint density at radius 1 is 0.704 bits per heavy atom. The second-order valence-electron chi connectivity index (χ2n) is 12.7. The van der Waals surface area contributed by atoms with Gasteiger partial charge in [0.2, 0.25) is 0 Å². The van der Waals surface area contributed by atoms with Crippen LogP contribution in [-0.4, -0.2) is 23.9 Å². The number of rotatable bonds is 1. The summed E-state index contributed by atoms with van der Waals surface area (Å²) in [5.74, 6) is 11.3. The summed E-state index contributed by atoms with van der Waals surface area (Å²) in [4.78, 5) is 0. The van der Waals surface area contributed by atoms with Crippen LogP contribution in [0, 0.1) is 71.0 Å². The Labute approximate surface area is 163 Å². The number of fused-ring (bicyclic) bond motifs is 23. The summed E-state index contributed by atoms with van der Waals surface area (Å²) >= 11 is 0. The number of hydrogen-bond donors (Lipinski definition) is 0. The molecule has 2 heteroatoms. The number of ether oxygens (including phenoxy) is 2. The van der Waals surface area contributed by atoms with E-state index in [1.165, 1.54) is 19.3 Å². The summed E-state index contributed by atoms with van der Waals surface area (Å²) in [6.07, 6.45) is 12.8. The minimum atomic E-state index is 0.000715. The molecule has 2 aliphatic heterocycles. The Bertz CT molecular complexity index is 735. The fourth-order valence-electron chi connectivity index (χ4n) is 11.0. The lowest BCUT2D eigenvalue weighted by atomic mass is 9.55. The zero-order valence-corrected chi connectivity index (χ0v) is 17.0. The maximum atomic E-state index is 6.93. The highest BCUT2D eigenvalue weighted by atomic mass is 16.5. The van der Waals surface area contributed by atoms with E-state index in [2.05, 4.69) is 32.9 Å². The van der Waals surface area contributed by atoms with Gasteiger partial charge in [-0.25, -0.2) is 0 Å². The van der Waals surface area contributed by atoms with E-state index in [9.17, 15) is 0 Å². The van der Waals surface area contributed by atoms with Crippen molar-refractivity contribution in [2.24, 2.45) is 71.0 Å².